The second kappa shape index (κ2) is 5.88. The van der Waals surface area contributed by atoms with Crippen molar-refractivity contribution >= 4 is 39.9 Å². The first-order valence-corrected chi connectivity index (χ1v) is 6.58. The molecule has 21 heavy (non-hydrogen) atoms. The van der Waals surface area contributed by atoms with E-state index in [2.05, 4.69) is 5.32 Å². The minimum Gasteiger partial charge on any atom is -0.365 e. The molecule has 1 amide bonds. The van der Waals surface area contributed by atoms with E-state index in [1.807, 2.05) is 0 Å². The number of hydrogen-bond acceptors (Lipinski definition) is 2. The van der Waals surface area contributed by atoms with Crippen LogP contribution in [0.2, 0.25) is 0 Å². The van der Waals surface area contributed by atoms with Crippen molar-refractivity contribution in [2.75, 3.05) is 5.32 Å². The van der Waals surface area contributed by atoms with E-state index in [0.29, 0.717) is 3.57 Å². The largest absolute Gasteiger partial charge is 0.365 e. The van der Waals surface area contributed by atoms with Crippen molar-refractivity contribution in [1.29, 1.82) is 0 Å². The average molecular weight is 410 g/mol. The van der Waals surface area contributed by atoms with Crippen LogP contribution in [0.15, 0.2) is 24.3 Å². The standard InChI is InChI=1S/C13H7F4IN2O/c14-5-1-2-9(8(18)3-5)20-12-10(13(19)21)6(15)4-7(16)11(12)17/h1-4,20H,(H2,19,21). The molecule has 110 valence electrons. The maximum Gasteiger partial charge on any atom is 0.253 e. The van der Waals surface area contributed by atoms with E-state index in [1.165, 1.54) is 6.07 Å². The van der Waals surface area contributed by atoms with Crippen molar-refractivity contribution in [3.63, 3.8) is 0 Å². The maximum absolute atomic E-state index is 13.8. The topological polar surface area (TPSA) is 55.1 Å². The van der Waals surface area contributed by atoms with Gasteiger partial charge in [0.2, 0.25) is 0 Å². The van der Waals surface area contributed by atoms with Gasteiger partial charge in [-0.25, -0.2) is 17.6 Å². The number of benzene rings is 2. The Labute approximate surface area is 130 Å². The van der Waals surface area contributed by atoms with Gasteiger partial charge >= 0.3 is 0 Å². The number of carbonyl (C=O) groups excluding carboxylic acids is 1. The Morgan fingerprint density at radius 1 is 1.10 bits per heavy atom. The summed E-state index contributed by atoms with van der Waals surface area (Å²) < 4.78 is 54.0. The zero-order valence-electron chi connectivity index (χ0n) is 10.2. The van der Waals surface area contributed by atoms with Gasteiger partial charge in [0.15, 0.2) is 11.6 Å². The van der Waals surface area contributed by atoms with E-state index >= 15 is 0 Å². The Morgan fingerprint density at radius 3 is 2.33 bits per heavy atom. The lowest BCUT2D eigenvalue weighted by molar-refractivity contribution is 0.0997. The van der Waals surface area contributed by atoms with Crippen LogP contribution in [0, 0.1) is 26.8 Å². The predicted molar refractivity (Wildman–Crippen MR) is 77.2 cm³/mol. The van der Waals surface area contributed by atoms with Crippen molar-refractivity contribution in [3.8, 4) is 0 Å². The van der Waals surface area contributed by atoms with Gasteiger partial charge in [0.1, 0.15) is 17.2 Å². The third kappa shape index (κ3) is 3.09. The molecule has 3 N–H and O–H groups in total. The van der Waals surface area contributed by atoms with Gasteiger partial charge in [0.25, 0.3) is 5.91 Å². The molecular formula is C13H7F4IN2O. The van der Waals surface area contributed by atoms with E-state index in [0.717, 1.165) is 12.1 Å². The molecule has 0 fully saturated rings. The van der Waals surface area contributed by atoms with Crippen molar-refractivity contribution in [2.24, 2.45) is 5.73 Å². The Hall–Kier alpha value is -1.84. The fraction of sp³-hybridized carbons (Fsp3) is 0. The highest BCUT2D eigenvalue weighted by atomic mass is 127. The Kier molecular flexibility index (Phi) is 4.35. The summed E-state index contributed by atoms with van der Waals surface area (Å²) in [6.45, 7) is 0. The molecule has 2 aromatic rings. The molecule has 0 radical (unpaired) electrons. The Morgan fingerprint density at radius 2 is 1.76 bits per heavy atom. The highest BCUT2D eigenvalue weighted by Gasteiger charge is 2.23. The lowest BCUT2D eigenvalue weighted by Gasteiger charge is -2.14. The van der Waals surface area contributed by atoms with Crippen molar-refractivity contribution in [3.05, 3.63) is 56.7 Å². The number of carbonyl (C=O) groups is 1. The molecule has 0 saturated heterocycles. The van der Waals surface area contributed by atoms with Gasteiger partial charge in [-0.05, 0) is 40.8 Å². The quantitative estimate of drug-likeness (QED) is 0.461. The molecule has 0 aliphatic heterocycles. The molecule has 3 nitrogen and oxygen atoms in total. The van der Waals surface area contributed by atoms with Crippen molar-refractivity contribution in [2.45, 2.75) is 0 Å². The van der Waals surface area contributed by atoms with Gasteiger partial charge in [-0.1, -0.05) is 0 Å². The molecule has 2 rings (SSSR count). The molecule has 0 heterocycles. The lowest BCUT2D eigenvalue weighted by atomic mass is 10.1. The van der Waals surface area contributed by atoms with Crippen LogP contribution in [-0.2, 0) is 0 Å². The third-order valence-electron chi connectivity index (χ3n) is 2.61. The van der Waals surface area contributed by atoms with E-state index < -0.39 is 40.4 Å². The predicted octanol–water partition coefficient (Wildman–Crippen LogP) is 3.69. The van der Waals surface area contributed by atoms with Crippen LogP contribution >= 0.6 is 22.6 Å². The fourth-order valence-electron chi connectivity index (χ4n) is 1.68. The fourth-order valence-corrected chi connectivity index (χ4v) is 2.29. The SMILES string of the molecule is NC(=O)c1c(F)cc(F)c(F)c1Nc1ccc(F)cc1I. The molecule has 0 atom stereocenters. The van der Waals surface area contributed by atoms with Crippen LogP contribution in [-0.4, -0.2) is 5.91 Å². The summed E-state index contributed by atoms with van der Waals surface area (Å²) in [6.07, 6.45) is 0. The normalized spacial score (nSPS) is 10.5. The van der Waals surface area contributed by atoms with Gasteiger partial charge in [-0.2, -0.15) is 0 Å². The summed E-state index contributed by atoms with van der Waals surface area (Å²) in [5.41, 5.74) is 3.61. The van der Waals surface area contributed by atoms with Crippen LogP contribution in [0.25, 0.3) is 0 Å². The van der Waals surface area contributed by atoms with E-state index in [-0.39, 0.29) is 11.8 Å². The first kappa shape index (κ1) is 15.5. The van der Waals surface area contributed by atoms with E-state index in [9.17, 15) is 22.4 Å². The minimum atomic E-state index is -1.47. The summed E-state index contributed by atoms with van der Waals surface area (Å²) in [5, 5.41) is 2.37. The van der Waals surface area contributed by atoms with Gasteiger partial charge in [0, 0.05) is 9.64 Å². The van der Waals surface area contributed by atoms with Crippen LogP contribution in [0.4, 0.5) is 28.9 Å². The molecule has 0 unspecified atom stereocenters. The summed E-state index contributed by atoms with van der Waals surface area (Å²) >= 11 is 1.74. The minimum absolute atomic E-state index is 0.170. The van der Waals surface area contributed by atoms with E-state index in [4.69, 9.17) is 5.73 Å². The highest BCUT2D eigenvalue weighted by Crippen LogP contribution is 2.30. The van der Waals surface area contributed by atoms with Gasteiger partial charge in [-0.3, -0.25) is 4.79 Å². The molecule has 0 saturated carbocycles. The molecular weight excluding hydrogens is 403 g/mol. The third-order valence-corrected chi connectivity index (χ3v) is 3.50. The van der Waals surface area contributed by atoms with Crippen LogP contribution < -0.4 is 11.1 Å². The first-order valence-electron chi connectivity index (χ1n) is 5.50. The summed E-state index contributed by atoms with van der Waals surface area (Å²) in [7, 11) is 0. The smallest absolute Gasteiger partial charge is 0.253 e. The number of hydrogen-bond donors (Lipinski definition) is 2. The molecule has 0 aliphatic rings. The number of nitrogens with one attached hydrogen (secondary N) is 1. The molecule has 0 bridgehead atoms. The Balaban J connectivity index is 2.60. The second-order valence-corrected chi connectivity index (χ2v) is 5.18. The number of halogens is 5. The Bertz CT molecular complexity index is 737. The van der Waals surface area contributed by atoms with Crippen LogP contribution in [0.1, 0.15) is 10.4 Å². The van der Waals surface area contributed by atoms with Crippen LogP contribution in [0.5, 0.6) is 0 Å². The maximum atomic E-state index is 13.8. The van der Waals surface area contributed by atoms with Gasteiger partial charge in [0.05, 0.1) is 11.4 Å². The van der Waals surface area contributed by atoms with E-state index in [1.54, 1.807) is 22.6 Å². The summed E-state index contributed by atoms with van der Waals surface area (Å²) in [4.78, 5) is 11.2. The number of anilines is 2. The lowest BCUT2D eigenvalue weighted by Crippen LogP contribution is -2.17. The molecule has 0 aromatic heterocycles. The van der Waals surface area contributed by atoms with Crippen molar-refractivity contribution in [1.82, 2.24) is 0 Å². The first-order chi connectivity index (χ1) is 9.81. The summed E-state index contributed by atoms with van der Waals surface area (Å²) in [5.74, 6) is -6.01. The molecule has 2 aromatic carbocycles. The average Bonchev–Trinajstić information content (AvgIpc) is 2.38. The van der Waals surface area contributed by atoms with Crippen molar-refractivity contribution < 1.29 is 22.4 Å². The zero-order valence-corrected chi connectivity index (χ0v) is 12.3. The second-order valence-electron chi connectivity index (χ2n) is 4.02. The highest BCUT2D eigenvalue weighted by molar-refractivity contribution is 14.1. The molecule has 0 aliphatic carbocycles. The number of rotatable bonds is 3. The number of nitrogens with two attached hydrogens (primary N) is 1. The zero-order chi connectivity index (χ0) is 15.7. The molecule has 0 spiro atoms. The van der Waals surface area contributed by atoms with Gasteiger partial charge in [-0.15, -0.1) is 0 Å². The summed E-state index contributed by atoms with van der Waals surface area (Å²) in [6, 6.07) is 3.67. The number of primary amides is 1. The van der Waals surface area contributed by atoms with Crippen LogP contribution in [0.3, 0.4) is 0 Å². The van der Waals surface area contributed by atoms with Gasteiger partial charge < -0.3 is 11.1 Å². The molecule has 8 heteroatoms. The monoisotopic (exact) mass is 410 g/mol. The number of amides is 1.